The second kappa shape index (κ2) is 4.56. The van der Waals surface area contributed by atoms with Crippen molar-refractivity contribution in [2.75, 3.05) is 23.7 Å². The number of carbonyl (C=O) groups is 2. The first-order valence-corrected chi connectivity index (χ1v) is 7.61. The summed E-state index contributed by atoms with van der Waals surface area (Å²) >= 11 is 0. The van der Waals surface area contributed by atoms with E-state index in [1.807, 2.05) is 18.2 Å². The number of nitrogens with one attached hydrogen (secondary N) is 3. The van der Waals surface area contributed by atoms with Gasteiger partial charge in [-0.15, -0.1) is 0 Å². The molecule has 21 heavy (non-hydrogen) atoms. The van der Waals surface area contributed by atoms with E-state index in [9.17, 15) is 9.59 Å². The highest BCUT2D eigenvalue weighted by Gasteiger charge is 2.57. The van der Waals surface area contributed by atoms with Crippen LogP contribution in [0.2, 0.25) is 0 Å². The second-order valence-corrected chi connectivity index (χ2v) is 6.46. The minimum atomic E-state index is 0.0179. The van der Waals surface area contributed by atoms with Crippen LogP contribution in [0, 0.1) is 11.3 Å². The monoisotopic (exact) mass is 285 g/mol. The van der Waals surface area contributed by atoms with E-state index >= 15 is 0 Å². The number of piperidine rings is 1. The lowest BCUT2D eigenvalue weighted by Crippen LogP contribution is -2.31. The van der Waals surface area contributed by atoms with Gasteiger partial charge in [0.05, 0.1) is 6.42 Å². The van der Waals surface area contributed by atoms with Crippen LogP contribution in [-0.2, 0) is 16.0 Å². The molecule has 1 aromatic rings. The normalized spacial score (nSPS) is 25.3. The quantitative estimate of drug-likeness (QED) is 0.771. The number of anilines is 2. The number of amides is 2. The molecule has 0 aromatic heterocycles. The molecule has 0 radical (unpaired) electrons. The Kier molecular flexibility index (Phi) is 2.79. The molecule has 1 unspecified atom stereocenters. The van der Waals surface area contributed by atoms with Crippen LogP contribution in [0.3, 0.4) is 0 Å². The average molecular weight is 285 g/mol. The molecule has 2 heterocycles. The van der Waals surface area contributed by atoms with Crippen molar-refractivity contribution in [3.63, 3.8) is 0 Å². The van der Waals surface area contributed by atoms with E-state index in [0.717, 1.165) is 49.3 Å². The van der Waals surface area contributed by atoms with Gasteiger partial charge in [0.1, 0.15) is 0 Å². The zero-order valence-electron chi connectivity index (χ0n) is 11.9. The summed E-state index contributed by atoms with van der Waals surface area (Å²) in [5.74, 6) is 0.311. The van der Waals surface area contributed by atoms with Gasteiger partial charge in [-0.3, -0.25) is 9.59 Å². The van der Waals surface area contributed by atoms with E-state index in [4.69, 9.17) is 0 Å². The summed E-state index contributed by atoms with van der Waals surface area (Å²) < 4.78 is 0. The Labute approximate surface area is 123 Å². The Morgan fingerprint density at radius 3 is 2.90 bits per heavy atom. The molecule has 1 aromatic carbocycles. The van der Waals surface area contributed by atoms with Gasteiger partial charge in [-0.1, -0.05) is 0 Å². The molecule has 110 valence electrons. The Hall–Kier alpha value is -1.88. The van der Waals surface area contributed by atoms with Gasteiger partial charge in [0.25, 0.3) is 0 Å². The van der Waals surface area contributed by atoms with Crippen molar-refractivity contribution in [1.82, 2.24) is 5.32 Å². The van der Waals surface area contributed by atoms with Crippen molar-refractivity contribution in [3.8, 4) is 0 Å². The lowest BCUT2D eigenvalue weighted by Gasteiger charge is -2.23. The number of hydrogen-bond acceptors (Lipinski definition) is 3. The molecule has 1 spiro atoms. The van der Waals surface area contributed by atoms with E-state index in [1.165, 1.54) is 0 Å². The highest BCUT2D eigenvalue weighted by atomic mass is 16.2. The van der Waals surface area contributed by atoms with Crippen LogP contribution in [0.15, 0.2) is 18.2 Å². The predicted octanol–water partition coefficient (Wildman–Crippen LogP) is 1.51. The fourth-order valence-electron chi connectivity index (χ4n) is 3.73. The lowest BCUT2D eigenvalue weighted by molar-refractivity contribution is -0.118. The van der Waals surface area contributed by atoms with Crippen LogP contribution in [0.25, 0.3) is 0 Å². The number of carbonyl (C=O) groups excluding carboxylic acids is 2. The molecule has 1 aliphatic carbocycles. The maximum Gasteiger partial charge on any atom is 0.228 e. The van der Waals surface area contributed by atoms with Gasteiger partial charge >= 0.3 is 0 Å². The summed E-state index contributed by atoms with van der Waals surface area (Å²) in [4.78, 5) is 23.7. The summed E-state index contributed by atoms with van der Waals surface area (Å²) in [5, 5.41) is 9.17. The molecule has 1 atom stereocenters. The molecule has 2 fully saturated rings. The highest BCUT2D eigenvalue weighted by Crippen LogP contribution is 2.58. The molecule has 2 amide bonds. The minimum absolute atomic E-state index is 0.0179. The van der Waals surface area contributed by atoms with E-state index in [-0.39, 0.29) is 23.1 Å². The molecule has 2 aliphatic heterocycles. The molecular formula is C16H19N3O2. The molecule has 5 heteroatoms. The van der Waals surface area contributed by atoms with Crippen molar-refractivity contribution in [2.24, 2.45) is 11.3 Å². The van der Waals surface area contributed by atoms with E-state index in [2.05, 4.69) is 16.0 Å². The van der Waals surface area contributed by atoms with Crippen LogP contribution in [-0.4, -0.2) is 24.9 Å². The summed E-state index contributed by atoms with van der Waals surface area (Å²) in [7, 11) is 0. The fourth-order valence-corrected chi connectivity index (χ4v) is 3.73. The van der Waals surface area contributed by atoms with E-state index < -0.39 is 0 Å². The number of benzene rings is 1. The first-order valence-electron chi connectivity index (χ1n) is 7.61. The molecule has 0 bridgehead atoms. The van der Waals surface area contributed by atoms with Gasteiger partial charge in [-0.05, 0) is 61.5 Å². The molecule has 3 aliphatic rings. The van der Waals surface area contributed by atoms with Crippen molar-refractivity contribution in [1.29, 1.82) is 0 Å². The second-order valence-electron chi connectivity index (χ2n) is 6.46. The van der Waals surface area contributed by atoms with E-state index in [1.54, 1.807) is 0 Å². The summed E-state index contributed by atoms with van der Waals surface area (Å²) in [6.07, 6.45) is 3.63. The molecule has 5 nitrogen and oxygen atoms in total. The van der Waals surface area contributed by atoms with Gasteiger partial charge in [0.2, 0.25) is 11.8 Å². The Balaban J connectivity index is 1.44. The van der Waals surface area contributed by atoms with Crippen molar-refractivity contribution in [2.45, 2.75) is 25.7 Å². The Morgan fingerprint density at radius 1 is 1.29 bits per heavy atom. The first kappa shape index (κ1) is 12.8. The van der Waals surface area contributed by atoms with Crippen LogP contribution in [0.4, 0.5) is 11.4 Å². The van der Waals surface area contributed by atoms with Gasteiger partial charge in [-0.25, -0.2) is 0 Å². The Morgan fingerprint density at radius 2 is 2.10 bits per heavy atom. The summed E-state index contributed by atoms with van der Waals surface area (Å²) in [5.41, 5.74) is 2.87. The van der Waals surface area contributed by atoms with Gasteiger partial charge < -0.3 is 16.0 Å². The number of rotatable bonds is 2. The van der Waals surface area contributed by atoms with E-state index in [0.29, 0.717) is 6.42 Å². The van der Waals surface area contributed by atoms with Crippen molar-refractivity contribution < 1.29 is 9.59 Å². The van der Waals surface area contributed by atoms with Crippen molar-refractivity contribution in [3.05, 3.63) is 23.8 Å². The molecule has 3 N–H and O–H groups in total. The summed E-state index contributed by atoms with van der Waals surface area (Å²) in [6.45, 7) is 2.05. The predicted molar refractivity (Wildman–Crippen MR) is 80.0 cm³/mol. The first-order chi connectivity index (χ1) is 10.2. The van der Waals surface area contributed by atoms with Crippen LogP contribution < -0.4 is 16.0 Å². The standard InChI is InChI=1S/C16H19N3O2/c20-14-8-10-7-11(1-2-13(10)19-14)18-15(21)12-9-16(12)3-5-17-6-4-16/h1-2,7,12,17H,3-6,8-9H2,(H,18,21)(H,19,20). The largest absolute Gasteiger partial charge is 0.326 e. The van der Waals surface area contributed by atoms with Crippen LogP contribution in [0.1, 0.15) is 24.8 Å². The van der Waals surface area contributed by atoms with Gasteiger partial charge in [0.15, 0.2) is 0 Å². The third kappa shape index (κ3) is 2.21. The highest BCUT2D eigenvalue weighted by molar-refractivity contribution is 6.01. The van der Waals surface area contributed by atoms with Gasteiger partial charge in [0, 0.05) is 17.3 Å². The zero-order valence-corrected chi connectivity index (χ0v) is 11.9. The minimum Gasteiger partial charge on any atom is -0.326 e. The van der Waals surface area contributed by atoms with Crippen LogP contribution >= 0.6 is 0 Å². The van der Waals surface area contributed by atoms with Gasteiger partial charge in [-0.2, -0.15) is 0 Å². The third-order valence-electron chi connectivity index (χ3n) is 5.10. The topological polar surface area (TPSA) is 70.2 Å². The number of hydrogen-bond donors (Lipinski definition) is 3. The van der Waals surface area contributed by atoms with Crippen molar-refractivity contribution >= 4 is 23.2 Å². The third-order valence-corrected chi connectivity index (χ3v) is 5.10. The molecule has 4 rings (SSSR count). The smallest absolute Gasteiger partial charge is 0.228 e. The SMILES string of the molecule is O=C1Cc2cc(NC(=O)C3CC34CCNCC4)ccc2N1. The number of fused-ring (bicyclic) bond motifs is 1. The Bertz CT molecular complexity index is 620. The van der Waals surface area contributed by atoms with Crippen LogP contribution in [0.5, 0.6) is 0 Å². The molecular weight excluding hydrogens is 266 g/mol. The molecule has 1 saturated carbocycles. The average Bonchev–Trinajstić information content (AvgIpc) is 3.02. The summed E-state index contributed by atoms with van der Waals surface area (Å²) in [6, 6.07) is 5.63. The fraction of sp³-hybridized carbons (Fsp3) is 0.500. The maximum absolute atomic E-state index is 12.4. The zero-order chi connectivity index (χ0) is 14.4. The molecule has 1 saturated heterocycles. The maximum atomic E-state index is 12.4. The lowest BCUT2D eigenvalue weighted by atomic mass is 9.92.